The average molecular weight is 737 g/mol. The van der Waals surface area contributed by atoms with Gasteiger partial charge in [-0.25, -0.2) is 17.6 Å². The van der Waals surface area contributed by atoms with Crippen LogP contribution in [0.2, 0.25) is 0 Å². The molecule has 280 valence electrons. The number of ether oxygens (including phenoxy) is 1. The number of halogens is 1. The van der Waals surface area contributed by atoms with Crippen molar-refractivity contribution in [3.63, 3.8) is 0 Å². The molecule has 3 fully saturated rings. The van der Waals surface area contributed by atoms with Crippen LogP contribution >= 0.6 is 0 Å². The van der Waals surface area contributed by atoms with E-state index < -0.39 is 68.5 Å². The Morgan fingerprint density at radius 2 is 1.81 bits per heavy atom. The summed E-state index contributed by atoms with van der Waals surface area (Å²) in [4.78, 5) is 58.4. The van der Waals surface area contributed by atoms with Gasteiger partial charge < -0.3 is 15.0 Å². The van der Waals surface area contributed by atoms with Crippen molar-refractivity contribution in [3.05, 3.63) is 83.2 Å². The summed E-state index contributed by atoms with van der Waals surface area (Å²) >= 11 is 0. The molecule has 6 rings (SSSR count). The van der Waals surface area contributed by atoms with Crippen LogP contribution in [0, 0.1) is 23.6 Å². The molecule has 2 aromatic rings. The van der Waals surface area contributed by atoms with Gasteiger partial charge in [0.15, 0.2) is 0 Å². The fourth-order valence-corrected chi connectivity index (χ4v) is 8.72. The molecular formula is C39H49FN4O7S. The van der Waals surface area contributed by atoms with Crippen molar-refractivity contribution in [2.45, 2.75) is 108 Å². The predicted molar refractivity (Wildman–Crippen MR) is 192 cm³/mol. The van der Waals surface area contributed by atoms with Crippen molar-refractivity contribution < 1.29 is 36.7 Å². The number of hydrogen-bond acceptors (Lipinski definition) is 7. The zero-order valence-corrected chi connectivity index (χ0v) is 31.3. The number of nitrogens with zero attached hydrogens (tertiary/aromatic N) is 2. The van der Waals surface area contributed by atoms with E-state index in [4.69, 9.17) is 4.74 Å². The van der Waals surface area contributed by atoms with Crippen molar-refractivity contribution in [2.75, 3.05) is 6.54 Å². The Hall–Kier alpha value is -4.26. The number of rotatable bonds is 11. The summed E-state index contributed by atoms with van der Waals surface area (Å²) in [5, 5.41) is 2.15. The number of sulfonamides is 1. The molecule has 2 heterocycles. The lowest BCUT2D eigenvalue weighted by molar-refractivity contribution is -0.143. The molecule has 1 saturated heterocycles. The van der Waals surface area contributed by atoms with E-state index in [1.165, 1.54) is 21.9 Å². The smallest absolute Gasteiger partial charge is 0.410 e. The fraction of sp³-hybridized carbons (Fsp3) is 0.538. The highest BCUT2D eigenvalue weighted by atomic mass is 32.2. The second-order valence-electron chi connectivity index (χ2n) is 16.2. The van der Waals surface area contributed by atoms with Crippen LogP contribution in [0.4, 0.5) is 9.18 Å². The number of amides is 4. The Morgan fingerprint density at radius 1 is 1.10 bits per heavy atom. The highest BCUT2D eigenvalue weighted by Gasteiger charge is 2.62. The number of fused-ring (bicyclic) bond motifs is 1. The highest BCUT2D eigenvalue weighted by molar-refractivity contribution is 7.91. The number of carbonyl (C=O) groups is 4. The van der Waals surface area contributed by atoms with E-state index in [1.807, 2.05) is 26.0 Å². The van der Waals surface area contributed by atoms with Gasteiger partial charge in [-0.3, -0.25) is 24.0 Å². The zero-order valence-electron chi connectivity index (χ0n) is 30.5. The second kappa shape index (κ2) is 13.9. The van der Waals surface area contributed by atoms with Crippen LogP contribution in [0.15, 0.2) is 55.1 Å². The number of likely N-dealkylation sites (tertiary alicyclic amines) is 1. The molecule has 0 radical (unpaired) electrons. The van der Waals surface area contributed by atoms with E-state index in [0.717, 1.165) is 11.1 Å². The first-order valence-electron chi connectivity index (χ1n) is 18.1. The molecule has 52 heavy (non-hydrogen) atoms. The van der Waals surface area contributed by atoms with E-state index in [0.29, 0.717) is 30.4 Å². The molecular weight excluding hydrogens is 688 g/mol. The summed E-state index contributed by atoms with van der Waals surface area (Å²) < 4.78 is 47.8. The molecule has 2 N–H and O–H groups in total. The fourth-order valence-electron chi connectivity index (χ4n) is 7.36. The van der Waals surface area contributed by atoms with Crippen LogP contribution in [0.1, 0.15) is 82.6 Å². The lowest BCUT2D eigenvalue weighted by Crippen LogP contribution is -2.57. The molecule has 0 spiro atoms. The lowest BCUT2D eigenvalue weighted by Gasteiger charge is -2.31. The number of nitrogens with one attached hydrogen (secondary N) is 2. The maximum absolute atomic E-state index is 14.5. The third-order valence-electron chi connectivity index (χ3n) is 10.9. The first-order valence-corrected chi connectivity index (χ1v) is 19.6. The summed E-state index contributed by atoms with van der Waals surface area (Å²) in [6, 6.07) is 11.7. The Balaban J connectivity index is 1.24. The van der Waals surface area contributed by atoms with E-state index in [2.05, 4.69) is 49.5 Å². The molecule has 0 bridgehead atoms. The Bertz CT molecular complexity index is 1890. The van der Waals surface area contributed by atoms with Crippen molar-refractivity contribution in [2.24, 2.45) is 17.8 Å². The van der Waals surface area contributed by atoms with E-state index in [9.17, 15) is 32.0 Å². The molecule has 2 aliphatic heterocycles. The van der Waals surface area contributed by atoms with Gasteiger partial charge in [0.05, 0.1) is 18.3 Å². The van der Waals surface area contributed by atoms with Gasteiger partial charge in [-0.15, -0.1) is 6.58 Å². The summed E-state index contributed by atoms with van der Waals surface area (Å²) in [5.74, 6) is -3.35. The summed E-state index contributed by atoms with van der Waals surface area (Å²) in [7, 11) is -3.89. The second-order valence-corrected chi connectivity index (χ2v) is 18.1. The number of hydrogen-bond donors (Lipinski definition) is 2. The van der Waals surface area contributed by atoms with Crippen molar-refractivity contribution in [1.29, 1.82) is 0 Å². The van der Waals surface area contributed by atoms with Crippen molar-refractivity contribution >= 4 is 33.8 Å². The largest absolute Gasteiger partial charge is 0.444 e. The quantitative estimate of drug-likeness (QED) is 0.318. The third-order valence-corrected chi connectivity index (χ3v) is 12.7. The van der Waals surface area contributed by atoms with E-state index in [1.54, 1.807) is 12.1 Å². The van der Waals surface area contributed by atoms with Crippen molar-refractivity contribution in [1.82, 2.24) is 19.8 Å². The van der Waals surface area contributed by atoms with Crippen LogP contribution in [-0.4, -0.2) is 71.5 Å². The maximum atomic E-state index is 14.5. The first-order chi connectivity index (χ1) is 24.4. The molecule has 13 heteroatoms. The molecule has 4 aliphatic rings. The maximum Gasteiger partial charge on any atom is 0.410 e. The SMILES string of the molecule is C=C[C@@H]1C[C@]1(NC(=O)[C@@H]1C[C@@H](OC(=O)N2Cc3cccc(F)c3C2)CN1C(=O)[C@@H](Cc1cccc(C(C)(C)C)c1)C(C)C)C(=O)NS(=O)(=O)C1CC1. The number of benzene rings is 2. The lowest BCUT2D eigenvalue weighted by atomic mass is 9.83. The van der Waals surface area contributed by atoms with Crippen molar-refractivity contribution in [3.8, 4) is 0 Å². The van der Waals surface area contributed by atoms with Gasteiger partial charge in [-0.05, 0) is 59.8 Å². The monoisotopic (exact) mass is 736 g/mol. The highest BCUT2D eigenvalue weighted by Crippen LogP contribution is 2.45. The summed E-state index contributed by atoms with van der Waals surface area (Å²) in [6.45, 7) is 14.2. The van der Waals surface area contributed by atoms with Gasteiger partial charge in [0.25, 0.3) is 5.91 Å². The summed E-state index contributed by atoms with van der Waals surface area (Å²) in [5.41, 5.74) is 1.56. The first kappa shape index (κ1) is 37.5. The molecule has 5 atom stereocenters. The molecule has 2 aliphatic carbocycles. The van der Waals surface area contributed by atoms with Gasteiger partial charge in [0, 0.05) is 30.4 Å². The minimum absolute atomic E-state index is 0.0352. The van der Waals surface area contributed by atoms with Crippen LogP contribution in [0.3, 0.4) is 0 Å². The normalized spacial score (nSPS) is 24.6. The molecule has 0 unspecified atom stereocenters. The van der Waals surface area contributed by atoms with E-state index >= 15 is 0 Å². The summed E-state index contributed by atoms with van der Waals surface area (Å²) in [6.07, 6.45) is 1.39. The minimum atomic E-state index is -3.89. The molecule has 4 amide bonds. The predicted octanol–water partition coefficient (Wildman–Crippen LogP) is 4.73. The molecule has 11 nitrogen and oxygen atoms in total. The molecule has 2 aromatic carbocycles. The van der Waals surface area contributed by atoms with Gasteiger partial charge in [0.1, 0.15) is 23.5 Å². The van der Waals surface area contributed by atoms with E-state index in [-0.39, 0.29) is 49.7 Å². The Labute approximate surface area is 305 Å². The topological polar surface area (TPSA) is 142 Å². The van der Waals surface area contributed by atoms with Gasteiger partial charge in [-0.2, -0.15) is 0 Å². The van der Waals surface area contributed by atoms with Gasteiger partial charge in [-0.1, -0.05) is 77.1 Å². The standard InChI is InChI=1S/C39H49FN4O7S/c1-7-26-19-39(26,36(47)42-52(49,50)29-14-15-29)41-34(45)33-18-28(51-37(48)43-20-25-11-9-13-32(40)31(25)22-43)21-44(33)35(46)30(23(2)3)17-24-10-8-12-27(16-24)38(4,5)6/h7-13,16,23,26,28-30,33H,1,14-15,17-22H2,2-6H3,(H,41,45)(H,42,47)/t26-,28-,30+,33+,39-/m1/s1. The van der Waals surface area contributed by atoms with Crippen LogP contribution in [0.5, 0.6) is 0 Å². The molecule has 2 saturated carbocycles. The van der Waals surface area contributed by atoms with Gasteiger partial charge >= 0.3 is 6.09 Å². The average Bonchev–Trinajstić information content (AvgIpc) is 3.97. The van der Waals surface area contributed by atoms with Crippen LogP contribution in [0.25, 0.3) is 0 Å². The third kappa shape index (κ3) is 7.60. The Morgan fingerprint density at radius 3 is 2.42 bits per heavy atom. The number of carbonyl (C=O) groups excluding carboxylic acids is 4. The Kier molecular flexibility index (Phi) is 10.1. The van der Waals surface area contributed by atoms with Crippen LogP contribution in [-0.2, 0) is 54.1 Å². The van der Waals surface area contributed by atoms with Crippen LogP contribution < -0.4 is 10.0 Å². The minimum Gasteiger partial charge on any atom is -0.444 e. The zero-order chi connectivity index (χ0) is 37.7. The molecule has 0 aromatic heterocycles. The van der Waals surface area contributed by atoms with Gasteiger partial charge in [0.2, 0.25) is 21.8 Å².